The first-order valence-electron chi connectivity index (χ1n) is 9.14. The summed E-state index contributed by atoms with van der Waals surface area (Å²) in [6.07, 6.45) is 2.22. The second-order valence-electron chi connectivity index (χ2n) is 6.91. The summed E-state index contributed by atoms with van der Waals surface area (Å²) >= 11 is 1.36. The molecule has 1 aliphatic rings. The van der Waals surface area contributed by atoms with E-state index in [1.807, 2.05) is 25.1 Å². The molecule has 27 heavy (non-hydrogen) atoms. The summed E-state index contributed by atoms with van der Waals surface area (Å²) in [5.41, 5.74) is 9.84. The van der Waals surface area contributed by atoms with E-state index in [0.717, 1.165) is 53.2 Å². The molecule has 0 aromatic carbocycles. The zero-order valence-electron chi connectivity index (χ0n) is 15.5. The number of aryl methyl sites for hydroxylation is 1. The number of nitrogens with two attached hydrogens (primary N) is 1. The summed E-state index contributed by atoms with van der Waals surface area (Å²) in [7, 11) is 1.61. The minimum atomic E-state index is -0.162. The Hall–Kier alpha value is -2.51. The number of anilines is 1. The Bertz CT molecular complexity index is 999. The van der Waals surface area contributed by atoms with Gasteiger partial charge in [-0.25, -0.2) is 4.98 Å². The maximum atomic E-state index is 12.0. The lowest BCUT2D eigenvalue weighted by Crippen LogP contribution is -2.24. The molecule has 3 aromatic heterocycles. The monoisotopic (exact) mass is 381 g/mol. The van der Waals surface area contributed by atoms with Crippen LogP contribution >= 0.6 is 11.3 Å². The van der Waals surface area contributed by atoms with Gasteiger partial charge in [-0.3, -0.25) is 14.7 Å². The number of fused-ring (bicyclic) bond motifs is 1. The molecule has 0 unspecified atom stereocenters. The zero-order valence-corrected chi connectivity index (χ0v) is 16.3. The van der Waals surface area contributed by atoms with Gasteiger partial charge in [0.15, 0.2) is 0 Å². The molecule has 1 atom stereocenters. The van der Waals surface area contributed by atoms with Crippen molar-refractivity contribution < 1.29 is 4.79 Å². The minimum absolute atomic E-state index is 0.162. The van der Waals surface area contributed by atoms with E-state index in [-0.39, 0.29) is 11.9 Å². The third-order valence-corrected chi connectivity index (χ3v) is 6.18. The number of hydrogen-bond acceptors (Lipinski definition) is 6. The number of nitrogens with zero attached hydrogens (tertiary/aromatic N) is 3. The predicted molar refractivity (Wildman–Crippen MR) is 109 cm³/mol. The van der Waals surface area contributed by atoms with Crippen LogP contribution in [0.2, 0.25) is 0 Å². The average Bonchev–Trinajstić information content (AvgIpc) is 3.25. The van der Waals surface area contributed by atoms with E-state index in [2.05, 4.69) is 27.3 Å². The van der Waals surface area contributed by atoms with Crippen molar-refractivity contribution in [3.05, 3.63) is 52.3 Å². The number of hydrogen-bond donors (Lipinski definition) is 2. The predicted octanol–water partition coefficient (Wildman–Crippen LogP) is 3.28. The van der Waals surface area contributed by atoms with Gasteiger partial charge in [0.25, 0.3) is 5.91 Å². The normalized spacial score (nSPS) is 17.5. The first kappa shape index (κ1) is 17.9. The van der Waals surface area contributed by atoms with Gasteiger partial charge in [-0.05, 0) is 50.6 Å². The van der Waals surface area contributed by atoms with Crippen LogP contribution in [0.1, 0.15) is 45.6 Å². The number of pyridine rings is 2. The quantitative estimate of drug-likeness (QED) is 0.724. The van der Waals surface area contributed by atoms with Gasteiger partial charge in [-0.2, -0.15) is 0 Å². The molecule has 0 aliphatic carbocycles. The number of rotatable bonds is 4. The number of thiophene rings is 1. The Kier molecular flexibility index (Phi) is 4.80. The molecule has 0 radical (unpaired) electrons. The smallest absolute Gasteiger partial charge is 0.263 e. The van der Waals surface area contributed by atoms with Gasteiger partial charge >= 0.3 is 0 Å². The molecule has 7 heteroatoms. The molecule has 1 fully saturated rings. The van der Waals surface area contributed by atoms with Crippen molar-refractivity contribution >= 4 is 33.1 Å². The fourth-order valence-electron chi connectivity index (χ4n) is 3.73. The molecule has 0 saturated carbocycles. The molecule has 1 saturated heterocycles. The number of likely N-dealkylation sites (tertiary alicyclic amines) is 1. The van der Waals surface area contributed by atoms with Crippen molar-refractivity contribution in [3.8, 4) is 0 Å². The van der Waals surface area contributed by atoms with Crippen molar-refractivity contribution in [2.24, 2.45) is 0 Å². The van der Waals surface area contributed by atoms with Crippen LogP contribution in [0.3, 0.4) is 0 Å². The van der Waals surface area contributed by atoms with Crippen LogP contribution in [0, 0.1) is 6.92 Å². The third kappa shape index (κ3) is 3.40. The van der Waals surface area contributed by atoms with Crippen LogP contribution in [0.25, 0.3) is 10.2 Å². The highest BCUT2D eigenvalue weighted by Crippen LogP contribution is 2.37. The summed E-state index contributed by atoms with van der Waals surface area (Å²) in [6.45, 7) is 3.88. The van der Waals surface area contributed by atoms with Crippen molar-refractivity contribution in [1.29, 1.82) is 0 Å². The van der Waals surface area contributed by atoms with Gasteiger partial charge in [-0.1, -0.05) is 6.07 Å². The average molecular weight is 382 g/mol. The van der Waals surface area contributed by atoms with Gasteiger partial charge in [0.05, 0.1) is 23.1 Å². The van der Waals surface area contributed by atoms with Crippen molar-refractivity contribution in [2.45, 2.75) is 32.4 Å². The van der Waals surface area contributed by atoms with Gasteiger partial charge in [0, 0.05) is 24.7 Å². The topological polar surface area (TPSA) is 84.1 Å². The molecule has 3 aromatic rings. The molecule has 3 N–H and O–H groups in total. The Balaban J connectivity index is 1.63. The van der Waals surface area contributed by atoms with E-state index < -0.39 is 0 Å². The van der Waals surface area contributed by atoms with Crippen LogP contribution in [0.4, 0.5) is 5.69 Å². The Morgan fingerprint density at radius 1 is 1.33 bits per heavy atom. The molecule has 4 rings (SSSR count). The van der Waals surface area contributed by atoms with Gasteiger partial charge < -0.3 is 11.1 Å². The minimum Gasteiger partial charge on any atom is -0.397 e. The summed E-state index contributed by atoms with van der Waals surface area (Å²) < 4.78 is 0. The van der Waals surface area contributed by atoms with Gasteiger partial charge in [0.1, 0.15) is 9.71 Å². The highest BCUT2D eigenvalue weighted by atomic mass is 32.1. The lowest BCUT2D eigenvalue weighted by Gasteiger charge is -2.23. The molecule has 140 valence electrons. The molecule has 1 amide bonds. The number of carbonyl (C=O) groups is 1. The number of nitrogens with one attached hydrogen (secondary N) is 1. The largest absolute Gasteiger partial charge is 0.397 e. The van der Waals surface area contributed by atoms with E-state index in [4.69, 9.17) is 10.7 Å². The second-order valence-corrected chi connectivity index (χ2v) is 7.91. The molecular weight excluding hydrogens is 358 g/mol. The first-order chi connectivity index (χ1) is 13.1. The summed E-state index contributed by atoms with van der Waals surface area (Å²) in [5.74, 6) is -0.162. The number of aromatic nitrogens is 2. The van der Waals surface area contributed by atoms with E-state index in [0.29, 0.717) is 10.6 Å². The lowest BCUT2D eigenvalue weighted by molar-refractivity contribution is 0.0968. The highest BCUT2D eigenvalue weighted by Gasteiger charge is 2.28. The van der Waals surface area contributed by atoms with E-state index in [9.17, 15) is 4.79 Å². The molecule has 6 nitrogen and oxygen atoms in total. The van der Waals surface area contributed by atoms with Crippen LogP contribution in [-0.2, 0) is 6.54 Å². The fourth-order valence-corrected chi connectivity index (χ4v) is 4.77. The number of nitrogen functional groups attached to an aromatic ring is 1. The van der Waals surface area contributed by atoms with Gasteiger partial charge in [0.2, 0.25) is 0 Å². The SMILES string of the molecule is CNC(=O)c1sc2nc([C@@H]3CCCN3Cc3cccc(C)n3)ccc2c1N. The van der Waals surface area contributed by atoms with Gasteiger partial charge in [-0.15, -0.1) is 11.3 Å². The van der Waals surface area contributed by atoms with E-state index >= 15 is 0 Å². The van der Waals surface area contributed by atoms with Crippen LogP contribution in [0.15, 0.2) is 30.3 Å². The Morgan fingerprint density at radius 2 is 2.19 bits per heavy atom. The third-order valence-electron chi connectivity index (χ3n) is 5.06. The van der Waals surface area contributed by atoms with Crippen molar-refractivity contribution in [3.63, 3.8) is 0 Å². The Morgan fingerprint density at radius 3 is 2.96 bits per heavy atom. The van der Waals surface area contributed by atoms with Crippen LogP contribution in [0.5, 0.6) is 0 Å². The number of carbonyl (C=O) groups excluding carboxylic acids is 1. The maximum Gasteiger partial charge on any atom is 0.263 e. The molecular formula is C20H23N5OS. The highest BCUT2D eigenvalue weighted by molar-refractivity contribution is 7.21. The second kappa shape index (κ2) is 7.25. The Labute approximate surface area is 162 Å². The van der Waals surface area contributed by atoms with Crippen LogP contribution < -0.4 is 11.1 Å². The summed E-state index contributed by atoms with van der Waals surface area (Å²) in [6, 6.07) is 10.5. The first-order valence-corrected chi connectivity index (χ1v) is 9.96. The molecule has 0 spiro atoms. The van der Waals surface area contributed by atoms with Crippen LogP contribution in [-0.4, -0.2) is 34.4 Å². The van der Waals surface area contributed by atoms with E-state index in [1.165, 1.54) is 11.3 Å². The standard InChI is InChI=1S/C20H23N5OS/c1-12-5-3-6-13(23-12)11-25-10-4-7-16(25)15-9-8-14-17(21)18(19(26)22-2)27-20(14)24-15/h3,5-6,8-9,16H,4,7,10-11,21H2,1-2H3,(H,22,26)/t16-/m0/s1. The molecule has 4 heterocycles. The molecule has 1 aliphatic heterocycles. The molecule has 0 bridgehead atoms. The fraction of sp³-hybridized carbons (Fsp3) is 0.350. The van der Waals surface area contributed by atoms with Crippen molar-refractivity contribution in [2.75, 3.05) is 19.3 Å². The number of amides is 1. The summed E-state index contributed by atoms with van der Waals surface area (Å²) in [4.78, 5) is 25.3. The zero-order chi connectivity index (χ0) is 19.0. The maximum absolute atomic E-state index is 12.0. The lowest BCUT2D eigenvalue weighted by atomic mass is 10.1. The summed E-state index contributed by atoms with van der Waals surface area (Å²) in [5, 5.41) is 3.49. The van der Waals surface area contributed by atoms with E-state index in [1.54, 1.807) is 7.05 Å². The van der Waals surface area contributed by atoms with Crippen molar-refractivity contribution in [1.82, 2.24) is 20.2 Å².